The molecule has 3 rings (SSSR count). The number of piperidine rings is 1. The lowest BCUT2D eigenvalue weighted by Gasteiger charge is -2.31. The van der Waals surface area contributed by atoms with Gasteiger partial charge in [0.1, 0.15) is 5.39 Å². The highest BCUT2D eigenvalue weighted by atomic mass is 32.2. The lowest BCUT2D eigenvalue weighted by atomic mass is 10.1. The zero-order chi connectivity index (χ0) is 14.3. The largest absolute Gasteiger partial charge is 0.342 e. The molecule has 0 bridgehead atoms. The number of nitrogens with one attached hydrogen (secondary N) is 1. The van der Waals surface area contributed by atoms with Crippen LogP contribution in [0.4, 0.5) is 5.95 Å². The number of hydrogen-bond donors (Lipinski definition) is 1. The molecule has 0 amide bonds. The summed E-state index contributed by atoms with van der Waals surface area (Å²) in [7, 11) is 0.989. The molecule has 1 atom stereocenters. The van der Waals surface area contributed by atoms with E-state index in [9.17, 15) is 9.00 Å². The van der Waals surface area contributed by atoms with Gasteiger partial charge in [-0.25, -0.2) is 0 Å². The molecule has 1 unspecified atom stereocenters. The van der Waals surface area contributed by atoms with Crippen LogP contribution in [0.2, 0.25) is 0 Å². The minimum atomic E-state index is -0.780. The molecule has 0 saturated carbocycles. The average molecular weight is 295 g/mol. The van der Waals surface area contributed by atoms with E-state index in [0.717, 1.165) is 25.9 Å². The molecule has 0 spiro atoms. The molecule has 0 radical (unpaired) electrons. The first-order valence-electron chi connectivity index (χ1n) is 6.55. The van der Waals surface area contributed by atoms with Gasteiger partial charge in [-0.1, -0.05) is 0 Å². The van der Waals surface area contributed by atoms with Gasteiger partial charge in [0.2, 0.25) is 5.95 Å². The van der Waals surface area contributed by atoms with Crippen molar-refractivity contribution in [3.8, 4) is 0 Å². The summed E-state index contributed by atoms with van der Waals surface area (Å²) < 4.78 is 13.1. The van der Waals surface area contributed by atoms with Gasteiger partial charge in [-0.15, -0.1) is 0 Å². The molecule has 1 N–H and O–H groups in total. The number of aromatic amines is 1. The van der Waals surface area contributed by atoms with Crippen molar-refractivity contribution in [2.45, 2.75) is 18.1 Å². The van der Waals surface area contributed by atoms with Crippen molar-refractivity contribution < 1.29 is 4.21 Å². The summed E-state index contributed by atoms with van der Waals surface area (Å²) in [5.41, 5.74) is 0.421. The number of nitrogens with zero attached hydrogens (tertiary/aromatic N) is 4. The van der Waals surface area contributed by atoms with Crippen molar-refractivity contribution in [3.05, 3.63) is 16.6 Å². The fourth-order valence-corrected chi connectivity index (χ4v) is 3.44. The summed E-state index contributed by atoms with van der Waals surface area (Å²) in [6, 6.07) is 0. The first-order valence-corrected chi connectivity index (χ1v) is 8.17. The Labute approximate surface area is 118 Å². The Morgan fingerprint density at radius 2 is 2.10 bits per heavy atom. The van der Waals surface area contributed by atoms with Crippen molar-refractivity contribution in [1.82, 2.24) is 19.7 Å². The maximum atomic E-state index is 12.0. The monoisotopic (exact) mass is 295 g/mol. The van der Waals surface area contributed by atoms with Crippen LogP contribution in [0.5, 0.6) is 0 Å². The topological polar surface area (TPSA) is 83.9 Å². The Hall–Kier alpha value is -1.70. The van der Waals surface area contributed by atoms with E-state index in [1.165, 1.54) is 6.20 Å². The molecule has 3 heterocycles. The molecule has 0 aromatic carbocycles. The molecule has 1 saturated heterocycles. The number of aromatic nitrogens is 4. The average Bonchev–Trinajstić information content (AvgIpc) is 2.81. The van der Waals surface area contributed by atoms with Gasteiger partial charge >= 0.3 is 0 Å². The van der Waals surface area contributed by atoms with Gasteiger partial charge < -0.3 is 4.90 Å². The van der Waals surface area contributed by atoms with Crippen molar-refractivity contribution in [1.29, 1.82) is 0 Å². The fraction of sp³-hybridized carbons (Fsp3) is 0.583. The summed E-state index contributed by atoms with van der Waals surface area (Å²) in [6.07, 6.45) is 4.99. The van der Waals surface area contributed by atoms with E-state index in [0.29, 0.717) is 17.0 Å². The number of H-pyrrole nitrogens is 1. The van der Waals surface area contributed by atoms with E-state index < -0.39 is 10.8 Å². The molecule has 1 aliphatic rings. The van der Waals surface area contributed by atoms with E-state index in [1.807, 2.05) is 4.90 Å². The number of fused-ring (bicyclic) bond motifs is 1. The van der Waals surface area contributed by atoms with Gasteiger partial charge in [-0.2, -0.15) is 10.1 Å². The van der Waals surface area contributed by atoms with E-state index in [-0.39, 0.29) is 10.8 Å². The fourth-order valence-electron chi connectivity index (χ4n) is 2.57. The number of rotatable bonds is 2. The first kappa shape index (κ1) is 13.3. The highest BCUT2D eigenvalue weighted by Gasteiger charge is 2.23. The van der Waals surface area contributed by atoms with Crippen molar-refractivity contribution in [2.75, 3.05) is 24.2 Å². The molecule has 8 heteroatoms. The molecule has 108 valence electrons. The van der Waals surface area contributed by atoms with Crippen LogP contribution in [0.3, 0.4) is 0 Å². The molecule has 0 aliphatic carbocycles. The van der Waals surface area contributed by atoms with E-state index >= 15 is 0 Å². The molecule has 20 heavy (non-hydrogen) atoms. The molecular weight excluding hydrogens is 278 g/mol. The second-order valence-corrected chi connectivity index (χ2v) is 6.74. The molecular formula is C12H17N5O2S. The van der Waals surface area contributed by atoms with Crippen LogP contribution in [0.1, 0.15) is 12.8 Å². The number of aryl methyl sites for hydroxylation is 1. The molecule has 1 fully saturated rings. The van der Waals surface area contributed by atoms with Gasteiger partial charge in [-0.3, -0.25) is 18.7 Å². The highest BCUT2D eigenvalue weighted by molar-refractivity contribution is 7.84. The quantitative estimate of drug-likeness (QED) is 0.843. The standard InChI is InChI=1S/C12H17N5O2S/c1-16-10-9(7-13-16)11(18)15-12(14-10)17-5-3-8(4-6-17)20(2)19/h7-8H,3-6H2,1-2H3,(H,14,15,18). The van der Waals surface area contributed by atoms with Crippen LogP contribution in [-0.2, 0) is 17.8 Å². The zero-order valence-corrected chi connectivity index (χ0v) is 12.3. The molecule has 2 aromatic rings. The summed E-state index contributed by atoms with van der Waals surface area (Å²) in [4.78, 5) is 21.3. The lowest BCUT2D eigenvalue weighted by molar-refractivity contribution is 0.564. The molecule has 7 nitrogen and oxygen atoms in total. The minimum absolute atomic E-state index is 0.167. The Kier molecular flexibility index (Phi) is 3.33. The van der Waals surface area contributed by atoms with E-state index in [2.05, 4.69) is 15.1 Å². The molecule has 1 aliphatic heterocycles. The summed E-state index contributed by atoms with van der Waals surface area (Å²) >= 11 is 0. The van der Waals surface area contributed by atoms with Gasteiger partial charge in [0.15, 0.2) is 5.65 Å². The number of anilines is 1. The highest BCUT2D eigenvalue weighted by Crippen LogP contribution is 2.19. The Balaban J connectivity index is 1.90. The Morgan fingerprint density at radius 1 is 1.40 bits per heavy atom. The second-order valence-electron chi connectivity index (χ2n) is 5.08. The van der Waals surface area contributed by atoms with Crippen molar-refractivity contribution >= 4 is 27.8 Å². The summed E-state index contributed by atoms with van der Waals surface area (Å²) in [5.74, 6) is 0.575. The predicted octanol–water partition coefficient (Wildman–Crippen LogP) is 0.00390. The van der Waals surface area contributed by atoms with E-state index in [4.69, 9.17) is 0 Å². The van der Waals surface area contributed by atoms with Gasteiger partial charge in [0.25, 0.3) is 5.56 Å². The third-order valence-electron chi connectivity index (χ3n) is 3.80. The van der Waals surface area contributed by atoms with Gasteiger partial charge in [0.05, 0.1) is 6.20 Å². The molecule has 2 aromatic heterocycles. The van der Waals surface area contributed by atoms with Crippen LogP contribution >= 0.6 is 0 Å². The van der Waals surface area contributed by atoms with Crippen LogP contribution in [0.15, 0.2) is 11.0 Å². The normalized spacial score (nSPS) is 18.6. The van der Waals surface area contributed by atoms with Crippen LogP contribution in [0, 0.1) is 0 Å². The maximum Gasteiger partial charge on any atom is 0.263 e. The van der Waals surface area contributed by atoms with Gasteiger partial charge in [0, 0.05) is 42.4 Å². The van der Waals surface area contributed by atoms with Crippen molar-refractivity contribution in [2.24, 2.45) is 7.05 Å². The smallest absolute Gasteiger partial charge is 0.263 e. The third-order valence-corrected chi connectivity index (χ3v) is 5.21. The first-order chi connectivity index (χ1) is 9.56. The maximum absolute atomic E-state index is 12.0. The van der Waals surface area contributed by atoms with Crippen LogP contribution < -0.4 is 10.5 Å². The second kappa shape index (κ2) is 5.01. The Morgan fingerprint density at radius 3 is 2.75 bits per heavy atom. The summed E-state index contributed by atoms with van der Waals surface area (Å²) in [5, 5.41) is 4.80. The van der Waals surface area contributed by atoms with E-state index in [1.54, 1.807) is 18.0 Å². The lowest BCUT2D eigenvalue weighted by Crippen LogP contribution is -2.39. The predicted molar refractivity (Wildman–Crippen MR) is 78.4 cm³/mol. The Bertz CT molecular complexity index is 714. The van der Waals surface area contributed by atoms with Crippen molar-refractivity contribution in [3.63, 3.8) is 0 Å². The van der Waals surface area contributed by atoms with Gasteiger partial charge in [-0.05, 0) is 12.8 Å². The third kappa shape index (κ3) is 2.24. The SMILES string of the molecule is Cn1ncc2c(=O)[nH]c(N3CCC(S(C)=O)CC3)nc21. The minimum Gasteiger partial charge on any atom is -0.342 e. The zero-order valence-electron chi connectivity index (χ0n) is 11.5. The summed E-state index contributed by atoms with van der Waals surface area (Å²) in [6.45, 7) is 1.52. The van der Waals surface area contributed by atoms with Crippen LogP contribution in [0.25, 0.3) is 11.0 Å². The van der Waals surface area contributed by atoms with Crippen LogP contribution in [-0.4, -0.2) is 48.6 Å². The number of hydrogen-bond acceptors (Lipinski definition) is 5.